The lowest BCUT2D eigenvalue weighted by atomic mass is 10.1. The Labute approximate surface area is 89.8 Å². The SMILES string of the molecule is CC(Oc1cncc(N)c1)[C@@H]1CCCN1. The quantitative estimate of drug-likeness (QED) is 0.781. The van der Waals surface area contributed by atoms with Crippen LogP contribution in [0.3, 0.4) is 0 Å². The Morgan fingerprint density at radius 2 is 2.47 bits per heavy atom. The van der Waals surface area contributed by atoms with Crippen molar-refractivity contribution in [2.45, 2.75) is 31.9 Å². The lowest BCUT2D eigenvalue weighted by Gasteiger charge is -2.20. The molecule has 1 aliphatic rings. The highest BCUT2D eigenvalue weighted by atomic mass is 16.5. The van der Waals surface area contributed by atoms with Crippen LogP contribution in [0.25, 0.3) is 0 Å². The first kappa shape index (κ1) is 10.2. The second-order valence-corrected chi connectivity index (χ2v) is 3.98. The van der Waals surface area contributed by atoms with Crippen molar-refractivity contribution in [3.63, 3.8) is 0 Å². The number of nitrogens with zero attached hydrogens (tertiary/aromatic N) is 1. The molecule has 4 heteroatoms. The van der Waals surface area contributed by atoms with Gasteiger partial charge in [0.2, 0.25) is 0 Å². The van der Waals surface area contributed by atoms with Gasteiger partial charge < -0.3 is 15.8 Å². The number of ether oxygens (including phenoxy) is 1. The van der Waals surface area contributed by atoms with Crippen molar-refractivity contribution in [3.8, 4) is 5.75 Å². The summed E-state index contributed by atoms with van der Waals surface area (Å²) in [5.74, 6) is 0.746. The molecule has 82 valence electrons. The molecule has 1 saturated heterocycles. The van der Waals surface area contributed by atoms with Crippen LogP contribution in [-0.2, 0) is 0 Å². The monoisotopic (exact) mass is 207 g/mol. The average Bonchev–Trinajstić information content (AvgIpc) is 2.70. The number of rotatable bonds is 3. The van der Waals surface area contributed by atoms with Gasteiger partial charge in [0, 0.05) is 12.1 Å². The molecule has 0 radical (unpaired) electrons. The number of anilines is 1. The normalized spacial score (nSPS) is 22.6. The summed E-state index contributed by atoms with van der Waals surface area (Å²) in [5, 5.41) is 3.41. The van der Waals surface area contributed by atoms with E-state index in [1.54, 1.807) is 18.5 Å². The standard InChI is InChI=1S/C11H17N3O/c1-8(11-3-2-4-14-11)15-10-5-9(12)6-13-7-10/h5-8,11,14H,2-4,12H2,1H3/t8?,11-/m0/s1. The highest BCUT2D eigenvalue weighted by Crippen LogP contribution is 2.18. The lowest BCUT2D eigenvalue weighted by molar-refractivity contribution is 0.179. The summed E-state index contributed by atoms with van der Waals surface area (Å²) in [4.78, 5) is 3.99. The Morgan fingerprint density at radius 3 is 3.13 bits per heavy atom. The Hall–Kier alpha value is -1.29. The van der Waals surface area contributed by atoms with E-state index < -0.39 is 0 Å². The van der Waals surface area contributed by atoms with Gasteiger partial charge in [0.25, 0.3) is 0 Å². The maximum absolute atomic E-state index is 5.77. The molecular weight excluding hydrogens is 190 g/mol. The maximum atomic E-state index is 5.77. The fourth-order valence-electron chi connectivity index (χ4n) is 1.91. The highest BCUT2D eigenvalue weighted by molar-refractivity contribution is 5.40. The molecule has 2 heterocycles. The van der Waals surface area contributed by atoms with Gasteiger partial charge in [-0.05, 0) is 26.3 Å². The largest absolute Gasteiger partial charge is 0.487 e. The van der Waals surface area contributed by atoms with Gasteiger partial charge in [-0.3, -0.25) is 4.98 Å². The Morgan fingerprint density at radius 1 is 1.60 bits per heavy atom. The van der Waals surface area contributed by atoms with E-state index in [0.29, 0.717) is 11.7 Å². The zero-order chi connectivity index (χ0) is 10.7. The maximum Gasteiger partial charge on any atom is 0.140 e. The third-order valence-electron chi connectivity index (χ3n) is 2.72. The minimum Gasteiger partial charge on any atom is -0.487 e. The van der Waals surface area contributed by atoms with E-state index >= 15 is 0 Å². The lowest BCUT2D eigenvalue weighted by Crippen LogP contribution is -2.36. The van der Waals surface area contributed by atoms with Gasteiger partial charge in [0.05, 0.1) is 18.1 Å². The van der Waals surface area contributed by atoms with E-state index in [9.17, 15) is 0 Å². The molecule has 3 N–H and O–H groups in total. The number of nitrogens with one attached hydrogen (secondary N) is 1. The summed E-state index contributed by atoms with van der Waals surface area (Å²) in [6.07, 6.45) is 5.88. The average molecular weight is 207 g/mol. The van der Waals surface area contributed by atoms with Gasteiger partial charge in [-0.1, -0.05) is 0 Å². The summed E-state index contributed by atoms with van der Waals surface area (Å²) in [6.45, 7) is 3.17. The second-order valence-electron chi connectivity index (χ2n) is 3.98. The number of aromatic nitrogens is 1. The van der Waals surface area contributed by atoms with E-state index in [4.69, 9.17) is 10.5 Å². The minimum atomic E-state index is 0.163. The summed E-state index contributed by atoms with van der Waals surface area (Å²) in [6, 6.07) is 2.25. The van der Waals surface area contributed by atoms with Crippen LogP contribution >= 0.6 is 0 Å². The Bertz CT molecular complexity index is 323. The van der Waals surface area contributed by atoms with Gasteiger partial charge in [-0.25, -0.2) is 0 Å². The van der Waals surface area contributed by atoms with Crippen LogP contribution in [0, 0.1) is 0 Å². The predicted molar refractivity (Wildman–Crippen MR) is 59.8 cm³/mol. The summed E-state index contributed by atoms with van der Waals surface area (Å²) >= 11 is 0. The first-order chi connectivity index (χ1) is 7.25. The van der Waals surface area contributed by atoms with E-state index in [1.807, 2.05) is 0 Å². The number of hydrogen-bond acceptors (Lipinski definition) is 4. The summed E-state index contributed by atoms with van der Waals surface area (Å²) in [7, 11) is 0. The first-order valence-corrected chi connectivity index (χ1v) is 5.36. The first-order valence-electron chi connectivity index (χ1n) is 5.36. The van der Waals surface area contributed by atoms with E-state index in [-0.39, 0.29) is 6.10 Å². The van der Waals surface area contributed by atoms with Crippen molar-refractivity contribution < 1.29 is 4.74 Å². The number of nitrogen functional groups attached to an aromatic ring is 1. The molecule has 0 bridgehead atoms. The van der Waals surface area contributed by atoms with Crippen LogP contribution in [0.4, 0.5) is 5.69 Å². The van der Waals surface area contributed by atoms with Crippen LogP contribution in [0.1, 0.15) is 19.8 Å². The molecule has 1 aromatic heterocycles. The molecule has 2 rings (SSSR count). The molecule has 1 unspecified atom stereocenters. The van der Waals surface area contributed by atoms with Crippen LogP contribution in [-0.4, -0.2) is 23.7 Å². The van der Waals surface area contributed by atoms with Crippen LogP contribution in [0.15, 0.2) is 18.5 Å². The molecule has 0 saturated carbocycles. The zero-order valence-electron chi connectivity index (χ0n) is 8.94. The van der Waals surface area contributed by atoms with Crippen molar-refractivity contribution in [2.75, 3.05) is 12.3 Å². The molecule has 0 aliphatic carbocycles. The Kier molecular flexibility index (Phi) is 3.06. The number of nitrogens with two attached hydrogens (primary N) is 1. The van der Waals surface area contributed by atoms with Gasteiger partial charge in [-0.2, -0.15) is 0 Å². The van der Waals surface area contributed by atoms with Crippen LogP contribution in [0.2, 0.25) is 0 Å². The van der Waals surface area contributed by atoms with E-state index in [2.05, 4.69) is 17.2 Å². The number of pyridine rings is 1. The molecule has 0 aromatic carbocycles. The van der Waals surface area contributed by atoms with E-state index in [1.165, 1.54) is 12.8 Å². The molecule has 0 spiro atoms. The van der Waals surface area contributed by atoms with E-state index in [0.717, 1.165) is 12.3 Å². The fourth-order valence-corrected chi connectivity index (χ4v) is 1.91. The third-order valence-corrected chi connectivity index (χ3v) is 2.72. The molecule has 1 aliphatic heterocycles. The third kappa shape index (κ3) is 2.59. The highest BCUT2D eigenvalue weighted by Gasteiger charge is 2.22. The van der Waals surface area contributed by atoms with Gasteiger partial charge in [0.1, 0.15) is 11.9 Å². The zero-order valence-corrected chi connectivity index (χ0v) is 8.94. The molecule has 1 fully saturated rings. The van der Waals surface area contributed by atoms with Gasteiger partial charge in [-0.15, -0.1) is 0 Å². The Balaban J connectivity index is 1.95. The molecule has 4 nitrogen and oxygen atoms in total. The summed E-state index contributed by atoms with van der Waals surface area (Å²) in [5.41, 5.74) is 6.27. The molecular formula is C11H17N3O. The second kappa shape index (κ2) is 4.49. The molecule has 15 heavy (non-hydrogen) atoms. The predicted octanol–water partition coefficient (Wildman–Crippen LogP) is 1.18. The van der Waals surface area contributed by atoms with Crippen LogP contribution in [0.5, 0.6) is 5.75 Å². The minimum absolute atomic E-state index is 0.163. The fraction of sp³-hybridized carbons (Fsp3) is 0.545. The number of hydrogen-bond donors (Lipinski definition) is 2. The van der Waals surface area contributed by atoms with Crippen molar-refractivity contribution in [2.24, 2.45) is 0 Å². The van der Waals surface area contributed by atoms with Gasteiger partial charge in [0.15, 0.2) is 0 Å². The molecule has 2 atom stereocenters. The smallest absolute Gasteiger partial charge is 0.140 e. The molecule has 1 aromatic rings. The van der Waals surface area contributed by atoms with Gasteiger partial charge >= 0.3 is 0 Å². The summed E-state index contributed by atoms with van der Waals surface area (Å²) < 4.78 is 5.77. The van der Waals surface area contributed by atoms with Crippen LogP contribution < -0.4 is 15.8 Å². The van der Waals surface area contributed by atoms with Crippen molar-refractivity contribution >= 4 is 5.69 Å². The van der Waals surface area contributed by atoms with Crippen molar-refractivity contribution in [1.82, 2.24) is 10.3 Å². The van der Waals surface area contributed by atoms with Crippen molar-refractivity contribution in [3.05, 3.63) is 18.5 Å². The topological polar surface area (TPSA) is 60.2 Å². The molecule has 0 amide bonds. The van der Waals surface area contributed by atoms with Crippen molar-refractivity contribution in [1.29, 1.82) is 0 Å².